The summed E-state index contributed by atoms with van der Waals surface area (Å²) < 4.78 is 3.79. The molecule has 0 spiro atoms. The third-order valence-electron chi connectivity index (χ3n) is 2.16. The van der Waals surface area contributed by atoms with Crippen LogP contribution in [0.25, 0.3) is 0 Å². The molecule has 1 aromatic rings. The molecule has 1 heterocycles. The van der Waals surface area contributed by atoms with Crippen molar-refractivity contribution in [3.8, 4) is 0 Å². The zero-order valence-corrected chi connectivity index (χ0v) is 10.8. The van der Waals surface area contributed by atoms with Crippen molar-refractivity contribution in [1.82, 2.24) is 19.8 Å². The number of aryl methyl sites for hydroxylation is 1. The Kier molecular flexibility index (Phi) is 5.34. The van der Waals surface area contributed by atoms with Crippen LogP contribution in [0.15, 0.2) is 0 Å². The lowest BCUT2D eigenvalue weighted by atomic mass is 10.3. The number of aromatic nitrogens is 2. The van der Waals surface area contributed by atoms with Gasteiger partial charge in [0.2, 0.25) is 0 Å². The smallest absolute Gasteiger partial charge is 0.264 e. The van der Waals surface area contributed by atoms with Crippen molar-refractivity contribution in [2.45, 2.75) is 19.8 Å². The molecule has 0 unspecified atom stereocenters. The van der Waals surface area contributed by atoms with E-state index in [1.807, 2.05) is 21.0 Å². The minimum absolute atomic E-state index is 0.0504. The summed E-state index contributed by atoms with van der Waals surface area (Å²) in [5.41, 5.74) is 0.787. The number of nitrogens with zero attached hydrogens (tertiary/aromatic N) is 3. The largest absolute Gasteiger partial charge is 0.351 e. The van der Waals surface area contributed by atoms with Crippen LogP contribution < -0.4 is 5.32 Å². The van der Waals surface area contributed by atoms with Crippen LogP contribution in [0, 0.1) is 0 Å². The molecule has 1 N–H and O–H groups in total. The highest BCUT2D eigenvalue weighted by Gasteiger charge is 2.13. The van der Waals surface area contributed by atoms with Gasteiger partial charge < -0.3 is 10.2 Å². The Balaban J connectivity index is 2.35. The highest BCUT2D eigenvalue weighted by Crippen LogP contribution is 2.10. The van der Waals surface area contributed by atoms with Crippen molar-refractivity contribution in [1.29, 1.82) is 0 Å². The van der Waals surface area contributed by atoms with Crippen LogP contribution in [0.4, 0.5) is 0 Å². The van der Waals surface area contributed by atoms with E-state index in [0.29, 0.717) is 11.4 Å². The van der Waals surface area contributed by atoms with Crippen LogP contribution in [0.2, 0.25) is 0 Å². The van der Waals surface area contributed by atoms with Gasteiger partial charge in [-0.3, -0.25) is 4.79 Å². The number of hydrogen-bond donors (Lipinski definition) is 1. The summed E-state index contributed by atoms with van der Waals surface area (Å²) in [7, 11) is 4.04. The predicted molar refractivity (Wildman–Crippen MR) is 64.8 cm³/mol. The first-order chi connectivity index (χ1) is 7.65. The summed E-state index contributed by atoms with van der Waals surface area (Å²) in [5, 5.41) is 6.79. The lowest BCUT2D eigenvalue weighted by Crippen LogP contribution is -2.27. The van der Waals surface area contributed by atoms with Gasteiger partial charge >= 0.3 is 0 Å². The van der Waals surface area contributed by atoms with Gasteiger partial charge in [0.15, 0.2) is 0 Å². The zero-order valence-electron chi connectivity index (χ0n) is 9.99. The molecule has 0 aliphatic carbocycles. The summed E-state index contributed by atoms with van der Waals surface area (Å²) in [6.45, 7) is 3.64. The standard InChI is InChI=1S/C10H18N4OS/c1-4-8-9(16-13-12-8)10(15)11-6-5-7-14(2)3/h4-7H2,1-3H3,(H,11,15). The highest BCUT2D eigenvalue weighted by molar-refractivity contribution is 7.08. The van der Waals surface area contributed by atoms with E-state index < -0.39 is 0 Å². The number of hydrogen-bond acceptors (Lipinski definition) is 5. The molecule has 6 heteroatoms. The maximum absolute atomic E-state index is 11.7. The van der Waals surface area contributed by atoms with Gasteiger partial charge in [-0.05, 0) is 45.0 Å². The normalized spacial score (nSPS) is 10.8. The lowest BCUT2D eigenvalue weighted by Gasteiger charge is -2.09. The first kappa shape index (κ1) is 13.1. The quantitative estimate of drug-likeness (QED) is 0.749. The van der Waals surface area contributed by atoms with Crippen molar-refractivity contribution < 1.29 is 4.79 Å². The van der Waals surface area contributed by atoms with Crippen LogP contribution in [0.3, 0.4) is 0 Å². The third kappa shape index (κ3) is 3.86. The number of nitrogens with one attached hydrogen (secondary N) is 1. The fourth-order valence-corrected chi connectivity index (χ4v) is 1.96. The van der Waals surface area contributed by atoms with Crippen molar-refractivity contribution in [2.75, 3.05) is 27.2 Å². The SMILES string of the molecule is CCc1nnsc1C(=O)NCCCN(C)C. The number of amides is 1. The molecule has 0 aromatic carbocycles. The Morgan fingerprint density at radius 2 is 2.25 bits per heavy atom. The summed E-state index contributed by atoms with van der Waals surface area (Å²) in [4.78, 5) is 14.5. The molecule has 0 fully saturated rings. The molecule has 16 heavy (non-hydrogen) atoms. The fraction of sp³-hybridized carbons (Fsp3) is 0.700. The minimum atomic E-state index is -0.0504. The average molecular weight is 242 g/mol. The maximum atomic E-state index is 11.7. The lowest BCUT2D eigenvalue weighted by molar-refractivity contribution is 0.0955. The molecular weight excluding hydrogens is 224 g/mol. The summed E-state index contributed by atoms with van der Waals surface area (Å²) in [6, 6.07) is 0. The molecule has 0 radical (unpaired) electrons. The Labute approximate surface area is 100 Å². The second-order valence-electron chi connectivity index (χ2n) is 3.82. The molecule has 0 atom stereocenters. The van der Waals surface area contributed by atoms with Crippen molar-refractivity contribution in [3.63, 3.8) is 0 Å². The van der Waals surface area contributed by atoms with Gasteiger partial charge in [0.1, 0.15) is 4.88 Å². The van der Waals surface area contributed by atoms with Gasteiger partial charge in [-0.15, -0.1) is 5.10 Å². The van der Waals surface area contributed by atoms with E-state index in [0.717, 1.165) is 36.6 Å². The van der Waals surface area contributed by atoms with Gasteiger partial charge in [0.25, 0.3) is 5.91 Å². The van der Waals surface area contributed by atoms with Gasteiger partial charge in [-0.25, -0.2) is 0 Å². The van der Waals surface area contributed by atoms with Gasteiger partial charge in [0.05, 0.1) is 5.69 Å². The van der Waals surface area contributed by atoms with Crippen molar-refractivity contribution >= 4 is 17.4 Å². The van der Waals surface area contributed by atoms with Crippen LogP contribution in [-0.2, 0) is 6.42 Å². The molecule has 0 aliphatic heterocycles. The predicted octanol–water partition coefficient (Wildman–Crippen LogP) is 0.782. The van der Waals surface area contributed by atoms with Crippen LogP contribution >= 0.6 is 11.5 Å². The molecule has 1 aromatic heterocycles. The summed E-state index contributed by atoms with van der Waals surface area (Å²) in [6.07, 6.45) is 1.70. The topological polar surface area (TPSA) is 58.1 Å². The first-order valence-electron chi connectivity index (χ1n) is 5.39. The molecular formula is C10H18N4OS. The van der Waals surface area contributed by atoms with E-state index in [9.17, 15) is 4.79 Å². The van der Waals surface area contributed by atoms with E-state index in [1.165, 1.54) is 0 Å². The third-order valence-corrected chi connectivity index (χ3v) is 2.93. The van der Waals surface area contributed by atoms with Crippen molar-refractivity contribution in [3.05, 3.63) is 10.6 Å². The monoisotopic (exact) mass is 242 g/mol. The van der Waals surface area contributed by atoms with E-state index in [4.69, 9.17) is 0 Å². The summed E-state index contributed by atoms with van der Waals surface area (Å²) in [5.74, 6) is -0.0504. The molecule has 0 bridgehead atoms. The Bertz CT molecular complexity index is 337. The molecule has 1 rings (SSSR count). The molecule has 0 aliphatic rings. The first-order valence-corrected chi connectivity index (χ1v) is 6.16. The number of carbonyl (C=O) groups excluding carboxylic acids is 1. The average Bonchev–Trinajstić information content (AvgIpc) is 2.71. The Hall–Kier alpha value is -1.01. The minimum Gasteiger partial charge on any atom is -0.351 e. The molecule has 0 saturated carbocycles. The van der Waals surface area contributed by atoms with Gasteiger partial charge in [-0.1, -0.05) is 11.4 Å². The second kappa shape index (κ2) is 6.55. The number of rotatable bonds is 6. The van der Waals surface area contributed by atoms with Crippen molar-refractivity contribution in [2.24, 2.45) is 0 Å². The molecule has 90 valence electrons. The van der Waals surface area contributed by atoms with Crippen LogP contribution in [0.1, 0.15) is 28.7 Å². The van der Waals surface area contributed by atoms with E-state index in [-0.39, 0.29) is 5.91 Å². The molecule has 5 nitrogen and oxygen atoms in total. The van der Waals surface area contributed by atoms with Gasteiger partial charge in [0, 0.05) is 6.54 Å². The van der Waals surface area contributed by atoms with Crippen LogP contribution in [0.5, 0.6) is 0 Å². The van der Waals surface area contributed by atoms with E-state index >= 15 is 0 Å². The fourth-order valence-electron chi connectivity index (χ4n) is 1.29. The Morgan fingerprint density at radius 1 is 1.50 bits per heavy atom. The van der Waals surface area contributed by atoms with E-state index in [1.54, 1.807) is 0 Å². The zero-order chi connectivity index (χ0) is 12.0. The van der Waals surface area contributed by atoms with E-state index in [2.05, 4.69) is 19.8 Å². The number of carbonyl (C=O) groups is 1. The second-order valence-corrected chi connectivity index (χ2v) is 4.57. The molecule has 0 saturated heterocycles. The Morgan fingerprint density at radius 3 is 2.88 bits per heavy atom. The van der Waals surface area contributed by atoms with Crippen LogP contribution in [-0.4, -0.2) is 47.6 Å². The molecule has 1 amide bonds. The highest BCUT2D eigenvalue weighted by atomic mass is 32.1. The maximum Gasteiger partial charge on any atom is 0.264 e. The summed E-state index contributed by atoms with van der Waals surface area (Å²) >= 11 is 1.16. The van der Waals surface area contributed by atoms with Gasteiger partial charge in [-0.2, -0.15) is 0 Å².